The first-order valence-electron chi connectivity index (χ1n) is 9.58. The summed E-state index contributed by atoms with van der Waals surface area (Å²) in [5.41, 5.74) is 0.614. The van der Waals surface area contributed by atoms with Crippen LogP contribution in [-0.2, 0) is 22.7 Å². The fraction of sp³-hybridized carbons (Fsp3) is 0.286. The topological polar surface area (TPSA) is 53.5 Å². The summed E-state index contributed by atoms with van der Waals surface area (Å²) >= 11 is 5.61. The number of aromatic nitrogens is 1. The third-order valence-electron chi connectivity index (χ3n) is 5.25. The summed E-state index contributed by atoms with van der Waals surface area (Å²) in [6.45, 7) is 1.83. The highest BCUT2D eigenvalue weighted by atomic mass is 35.5. The number of hydrogen-bond acceptors (Lipinski definition) is 4. The number of hydrogen-bond donors (Lipinski definition) is 0. The number of benzene rings is 2. The number of para-hydroxylation sites is 1. The number of rotatable bonds is 4. The summed E-state index contributed by atoms with van der Waals surface area (Å²) in [7, 11) is -4.05. The molecule has 0 bridgehead atoms. The number of nitrogens with zero attached hydrogens (tertiary/aromatic N) is 3. The Kier molecular flexibility index (Phi) is 5.95. The first kappa shape index (κ1) is 22.0. The monoisotopic (exact) mass is 469 g/mol. The van der Waals surface area contributed by atoms with Crippen LogP contribution in [-0.4, -0.2) is 48.8 Å². The fourth-order valence-corrected chi connectivity index (χ4v) is 5.26. The molecule has 0 radical (unpaired) electrons. The predicted octanol–water partition coefficient (Wildman–Crippen LogP) is 4.41. The molecule has 0 saturated carbocycles. The molecular formula is C21H19ClF3N3O2S. The van der Waals surface area contributed by atoms with E-state index in [1.807, 2.05) is 36.4 Å². The highest BCUT2D eigenvalue weighted by Gasteiger charge is 2.36. The van der Waals surface area contributed by atoms with Gasteiger partial charge >= 0.3 is 6.18 Å². The van der Waals surface area contributed by atoms with E-state index in [-0.39, 0.29) is 13.1 Å². The largest absolute Gasteiger partial charge is 0.417 e. The third-order valence-corrected chi connectivity index (χ3v) is 7.48. The minimum Gasteiger partial charge on any atom is -0.295 e. The maximum atomic E-state index is 13.1. The van der Waals surface area contributed by atoms with Crippen molar-refractivity contribution in [1.82, 2.24) is 14.2 Å². The van der Waals surface area contributed by atoms with Gasteiger partial charge in [-0.25, -0.2) is 8.42 Å². The number of fused-ring (bicyclic) bond motifs is 1. The Labute approximate surface area is 183 Å². The molecule has 1 fully saturated rings. The van der Waals surface area contributed by atoms with Gasteiger partial charge in [-0.2, -0.15) is 17.5 Å². The summed E-state index contributed by atoms with van der Waals surface area (Å²) in [4.78, 5) is 6.30. The van der Waals surface area contributed by atoms with Crippen molar-refractivity contribution < 1.29 is 21.6 Å². The normalized spacial score (nSPS) is 16.6. The van der Waals surface area contributed by atoms with Gasteiger partial charge in [0.1, 0.15) is 0 Å². The van der Waals surface area contributed by atoms with Crippen LogP contribution in [0.25, 0.3) is 10.9 Å². The molecule has 3 aromatic rings. The lowest BCUT2D eigenvalue weighted by Gasteiger charge is -2.33. The van der Waals surface area contributed by atoms with Gasteiger partial charge in [0.15, 0.2) is 0 Å². The Bertz CT molecular complexity index is 1210. The van der Waals surface area contributed by atoms with Crippen LogP contribution in [0.2, 0.25) is 5.02 Å². The molecule has 31 heavy (non-hydrogen) atoms. The van der Waals surface area contributed by atoms with E-state index in [2.05, 4.69) is 9.88 Å². The van der Waals surface area contributed by atoms with Gasteiger partial charge in [0.05, 0.1) is 26.7 Å². The van der Waals surface area contributed by atoms with Crippen LogP contribution in [0.3, 0.4) is 0 Å². The van der Waals surface area contributed by atoms with Crippen LogP contribution < -0.4 is 0 Å². The average Bonchev–Trinajstić information content (AvgIpc) is 2.73. The van der Waals surface area contributed by atoms with Crippen LogP contribution in [0.1, 0.15) is 11.3 Å². The molecule has 0 atom stereocenters. The molecule has 1 aromatic heterocycles. The maximum Gasteiger partial charge on any atom is 0.417 e. The van der Waals surface area contributed by atoms with Crippen LogP contribution in [0.15, 0.2) is 59.5 Å². The molecule has 0 amide bonds. The third kappa shape index (κ3) is 4.69. The second kappa shape index (κ2) is 8.38. The van der Waals surface area contributed by atoms with Crippen LogP contribution in [0.5, 0.6) is 0 Å². The molecule has 0 aliphatic carbocycles. The summed E-state index contributed by atoms with van der Waals surface area (Å²) in [5.74, 6) is 0. The lowest BCUT2D eigenvalue weighted by Crippen LogP contribution is -2.48. The standard InChI is InChI=1S/C21H19ClF3N3O2S/c22-19-8-7-17(13-18(19)21(23,24)25)31(29,30)28-11-9-27(10-12-28)14-16-6-5-15-3-1-2-4-20(15)26-16/h1-8,13H,9-12,14H2. The lowest BCUT2D eigenvalue weighted by molar-refractivity contribution is -0.137. The lowest BCUT2D eigenvalue weighted by atomic mass is 10.2. The number of halogens is 4. The summed E-state index contributed by atoms with van der Waals surface area (Å²) < 4.78 is 66.3. The molecule has 1 saturated heterocycles. The van der Waals surface area contributed by atoms with Gasteiger partial charge < -0.3 is 0 Å². The van der Waals surface area contributed by atoms with E-state index in [0.717, 1.165) is 28.7 Å². The average molecular weight is 470 g/mol. The Morgan fingerprint density at radius 3 is 2.39 bits per heavy atom. The van der Waals surface area contributed by atoms with Crippen molar-refractivity contribution in [2.75, 3.05) is 26.2 Å². The Morgan fingerprint density at radius 2 is 1.68 bits per heavy atom. The summed E-state index contributed by atoms with van der Waals surface area (Å²) in [5, 5.41) is 0.516. The zero-order chi connectivity index (χ0) is 22.2. The zero-order valence-corrected chi connectivity index (χ0v) is 17.9. The maximum absolute atomic E-state index is 13.1. The minimum atomic E-state index is -4.73. The molecule has 0 unspecified atom stereocenters. The zero-order valence-electron chi connectivity index (χ0n) is 16.3. The van der Waals surface area contributed by atoms with Crippen LogP contribution in [0.4, 0.5) is 13.2 Å². The predicted molar refractivity (Wildman–Crippen MR) is 112 cm³/mol. The minimum absolute atomic E-state index is 0.180. The smallest absolute Gasteiger partial charge is 0.295 e. The van der Waals surface area contributed by atoms with Gasteiger partial charge in [-0.3, -0.25) is 9.88 Å². The van der Waals surface area contributed by atoms with E-state index in [9.17, 15) is 21.6 Å². The van der Waals surface area contributed by atoms with E-state index >= 15 is 0 Å². The van der Waals surface area contributed by atoms with Crippen molar-refractivity contribution in [1.29, 1.82) is 0 Å². The van der Waals surface area contributed by atoms with Crippen molar-refractivity contribution in [2.45, 2.75) is 17.6 Å². The molecule has 1 aliphatic heterocycles. The molecule has 2 aromatic carbocycles. The molecule has 5 nitrogen and oxygen atoms in total. The number of pyridine rings is 1. The van der Waals surface area contributed by atoms with E-state index in [1.165, 1.54) is 4.31 Å². The molecular weight excluding hydrogens is 451 g/mol. The van der Waals surface area contributed by atoms with Crippen molar-refractivity contribution in [3.63, 3.8) is 0 Å². The Morgan fingerprint density at radius 1 is 0.968 bits per heavy atom. The van der Waals surface area contributed by atoms with Gasteiger partial charge in [0.2, 0.25) is 10.0 Å². The van der Waals surface area contributed by atoms with Crippen molar-refractivity contribution in [2.24, 2.45) is 0 Å². The molecule has 164 valence electrons. The van der Waals surface area contributed by atoms with Gasteiger partial charge in [-0.15, -0.1) is 0 Å². The van der Waals surface area contributed by atoms with E-state index in [4.69, 9.17) is 11.6 Å². The molecule has 1 aliphatic rings. The Hall–Kier alpha value is -2.20. The number of piperazine rings is 1. The SMILES string of the molecule is O=S(=O)(c1ccc(Cl)c(C(F)(F)F)c1)N1CCN(Cc2ccc3ccccc3n2)CC1. The molecule has 10 heteroatoms. The highest BCUT2D eigenvalue weighted by molar-refractivity contribution is 7.89. The van der Waals surface area contributed by atoms with Gasteiger partial charge in [-0.1, -0.05) is 35.9 Å². The molecule has 2 heterocycles. The van der Waals surface area contributed by atoms with Crippen molar-refractivity contribution in [3.05, 3.63) is 70.9 Å². The summed E-state index contributed by atoms with van der Waals surface area (Å²) in [6.07, 6.45) is -4.73. The number of sulfonamides is 1. The van der Waals surface area contributed by atoms with E-state index in [0.29, 0.717) is 25.7 Å². The van der Waals surface area contributed by atoms with Crippen LogP contribution in [0, 0.1) is 0 Å². The second-order valence-corrected chi connectivity index (χ2v) is 9.66. The van der Waals surface area contributed by atoms with Crippen molar-refractivity contribution >= 4 is 32.5 Å². The van der Waals surface area contributed by atoms with Gasteiger partial charge in [-0.05, 0) is 30.3 Å². The molecule has 0 spiro atoms. The molecule has 4 rings (SSSR count). The first-order chi connectivity index (χ1) is 14.6. The highest BCUT2D eigenvalue weighted by Crippen LogP contribution is 2.36. The second-order valence-electron chi connectivity index (χ2n) is 7.31. The fourth-order valence-electron chi connectivity index (χ4n) is 3.58. The van der Waals surface area contributed by atoms with Crippen molar-refractivity contribution in [3.8, 4) is 0 Å². The first-order valence-corrected chi connectivity index (χ1v) is 11.4. The van der Waals surface area contributed by atoms with Gasteiger partial charge in [0.25, 0.3) is 0 Å². The summed E-state index contributed by atoms with van der Waals surface area (Å²) in [6, 6.07) is 14.4. The van der Waals surface area contributed by atoms with Gasteiger partial charge in [0, 0.05) is 38.1 Å². The van der Waals surface area contributed by atoms with Crippen LogP contribution >= 0.6 is 11.6 Å². The van der Waals surface area contributed by atoms with E-state index in [1.54, 1.807) is 0 Å². The van der Waals surface area contributed by atoms with E-state index < -0.39 is 31.7 Å². The quantitative estimate of drug-likeness (QED) is 0.568. The molecule has 0 N–H and O–H groups in total. The Balaban J connectivity index is 1.45. The number of alkyl halides is 3.